The molecule has 1 aromatic rings. The van der Waals surface area contributed by atoms with Crippen LogP contribution in [0.4, 0.5) is 5.82 Å². The zero-order valence-electron chi connectivity index (χ0n) is 12.7. The minimum absolute atomic E-state index is 0.0483. The highest BCUT2D eigenvalue weighted by Crippen LogP contribution is 2.21. The Hall–Kier alpha value is -1.62. The molecule has 21 heavy (non-hydrogen) atoms. The zero-order chi connectivity index (χ0) is 15.1. The minimum atomic E-state index is 0.0483. The summed E-state index contributed by atoms with van der Waals surface area (Å²) in [6.07, 6.45) is 5.59. The summed E-state index contributed by atoms with van der Waals surface area (Å²) >= 11 is 0. The molecular formula is C16H25N3O2. The number of carbonyl (C=O) groups excluding carboxylic acids is 1. The van der Waals surface area contributed by atoms with Gasteiger partial charge in [-0.3, -0.25) is 4.79 Å². The fourth-order valence-electron chi connectivity index (χ4n) is 2.73. The quantitative estimate of drug-likeness (QED) is 0.843. The normalized spacial score (nSPS) is 18.6. The Bertz CT molecular complexity index is 445. The van der Waals surface area contributed by atoms with Gasteiger partial charge >= 0.3 is 0 Å². The number of nitrogens with one attached hydrogen (secondary N) is 1. The molecule has 2 heterocycles. The molecular weight excluding hydrogens is 266 g/mol. The summed E-state index contributed by atoms with van der Waals surface area (Å²) in [5.41, 5.74) is 0.640. The largest absolute Gasteiger partial charge is 0.396 e. The highest BCUT2D eigenvalue weighted by Gasteiger charge is 2.24. The van der Waals surface area contributed by atoms with Gasteiger partial charge in [-0.25, -0.2) is 4.98 Å². The lowest BCUT2D eigenvalue weighted by Gasteiger charge is -2.32. The van der Waals surface area contributed by atoms with Gasteiger partial charge < -0.3 is 15.3 Å². The SMILES string of the molecule is CCCNc1ccc(C(=O)N2CCCC(CCO)C2)cn1. The second-order valence-electron chi connectivity index (χ2n) is 5.63. The van der Waals surface area contributed by atoms with Crippen LogP contribution < -0.4 is 5.32 Å². The lowest BCUT2D eigenvalue weighted by molar-refractivity contribution is 0.0653. The average Bonchev–Trinajstić information content (AvgIpc) is 2.53. The van der Waals surface area contributed by atoms with Crippen LogP contribution in [0.3, 0.4) is 0 Å². The van der Waals surface area contributed by atoms with Gasteiger partial charge in [0.05, 0.1) is 5.56 Å². The number of amides is 1. The molecule has 1 atom stereocenters. The number of piperidine rings is 1. The summed E-state index contributed by atoms with van der Waals surface area (Å²) in [6, 6.07) is 3.70. The number of pyridine rings is 1. The van der Waals surface area contributed by atoms with Gasteiger partial charge in [-0.15, -0.1) is 0 Å². The molecule has 1 saturated heterocycles. The molecule has 1 fully saturated rings. The number of anilines is 1. The van der Waals surface area contributed by atoms with E-state index in [1.165, 1.54) is 0 Å². The number of carbonyl (C=O) groups is 1. The average molecular weight is 291 g/mol. The van der Waals surface area contributed by atoms with E-state index < -0.39 is 0 Å². The third-order valence-corrected chi connectivity index (χ3v) is 3.91. The first-order valence-electron chi connectivity index (χ1n) is 7.84. The Morgan fingerprint density at radius 1 is 1.52 bits per heavy atom. The van der Waals surface area contributed by atoms with Crippen molar-refractivity contribution in [1.82, 2.24) is 9.88 Å². The molecule has 0 saturated carbocycles. The summed E-state index contributed by atoms with van der Waals surface area (Å²) < 4.78 is 0. The number of likely N-dealkylation sites (tertiary alicyclic amines) is 1. The number of aliphatic hydroxyl groups is 1. The van der Waals surface area contributed by atoms with Gasteiger partial charge in [0, 0.05) is 32.4 Å². The Morgan fingerprint density at radius 3 is 3.05 bits per heavy atom. The molecule has 1 unspecified atom stereocenters. The van der Waals surface area contributed by atoms with Crippen molar-refractivity contribution >= 4 is 11.7 Å². The summed E-state index contributed by atoms with van der Waals surface area (Å²) in [6.45, 7) is 4.73. The van der Waals surface area contributed by atoms with Crippen LogP contribution in [0.15, 0.2) is 18.3 Å². The van der Waals surface area contributed by atoms with E-state index in [2.05, 4.69) is 17.2 Å². The lowest BCUT2D eigenvalue weighted by atomic mass is 9.95. The molecule has 1 amide bonds. The maximum Gasteiger partial charge on any atom is 0.255 e. The van der Waals surface area contributed by atoms with Gasteiger partial charge in [-0.2, -0.15) is 0 Å². The number of nitrogens with zero attached hydrogens (tertiary/aromatic N) is 2. The Balaban J connectivity index is 1.95. The maximum atomic E-state index is 12.5. The first-order chi connectivity index (χ1) is 10.2. The molecule has 116 valence electrons. The molecule has 0 spiro atoms. The lowest BCUT2D eigenvalue weighted by Crippen LogP contribution is -2.40. The number of hydrogen-bond donors (Lipinski definition) is 2. The molecule has 5 heteroatoms. The van der Waals surface area contributed by atoms with Crippen molar-refractivity contribution in [3.8, 4) is 0 Å². The van der Waals surface area contributed by atoms with Gasteiger partial charge in [-0.1, -0.05) is 6.92 Å². The number of aliphatic hydroxyl groups excluding tert-OH is 1. The molecule has 0 aliphatic carbocycles. The molecule has 0 bridgehead atoms. The third kappa shape index (κ3) is 4.43. The molecule has 2 N–H and O–H groups in total. The van der Waals surface area contributed by atoms with Crippen molar-refractivity contribution in [3.63, 3.8) is 0 Å². The maximum absolute atomic E-state index is 12.5. The van der Waals surface area contributed by atoms with Crippen molar-refractivity contribution in [2.75, 3.05) is 31.6 Å². The van der Waals surface area contributed by atoms with Gasteiger partial charge in [0.1, 0.15) is 5.82 Å². The monoisotopic (exact) mass is 291 g/mol. The second kappa shape index (κ2) is 7.98. The van der Waals surface area contributed by atoms with Crippen LogP contribution in [0.25, 0.3) is 0 Å². The summed E-state index contributed by atoms with van der Waals surface area (Å²) in [5.74, 6) is 1.28. The highest BCUT2D eigenvalue weighted by molar-refractivity contribution is 5.94. The van der Waals surface area contributed by atoms with Crippen molar-refractivity contribution < 1.29 is 9.90 Å². The fraction of sp³-hybridized carbons (Fsp3) is 0.625. The molecule has 1 aliphatic heterocycles. The summed E-state index contributed by atoms with van der Waals surface area (Å²) in [7, 11) is 0. The predicted molar refractivity (Wildman–Crippen MR) is 83.3 cm³/mol. The highest BCUT2D eigenvalue weighted by atomic mass is 16.3. The minimum Gasteiger partial charge on any atom is -0.396 e. The van der Waals surface area contributed by atoms with Crippen LogP contribution in [0.2, 0.25) is 0 Å². The van der Waals surface area contributed by atoms with E-state index in [9.17, 15) is 4.79 Å². The first kappa shape index (κ1) is 15.8. The fourth-order valence-corrected chi connectivity index (χ4v) is 2.73. The number of rotatable bonds is 6. The van der Waals surface area contributed by atoms with E-state index in [4.69, 9.17) is 5.11 Å². The molecule has 5 nitrogen and oxygen atoms in total. The predicted octanol–water partition coefficient (Wildman–Crippen LogP) is 2.14. The van der Waals surface area contributed by atoms with Crippen LogP contribution in [-0.4, -0.2) is 47.1 Å². The van der Waals surface area contributed by atoms with Crippen LogP contribution in [-0.2, 0) is 0 Å². The van der Waals surface area contributed by atoms with Crippen molar-refractivity contribution in [1.29, 1.82) is 0 Å². The van der Waals surface area contributed by atoms with Crippen LogP contribution in [0, 0.1) is 5.92 Å². The van der Waals surface area contributed by atoms with Crippen molar-refractivity contribution in [2.45, 2.75) is 32.6 Å². The summed E-state index contributed by atoms with van der Waals surface area (Å²) in [5, 5.41) is 12.2. The van der Waals surface area contributed by atoms with Gasteiger partial charge in [0.2, 0.25) is 0 Å². The molecule has 0 radical (unpaired) electrons. The van der Waals surface area contributed by atoms with E-state index in [-0.39, 0.29) is 12.5 Å². The Labute approximate surface area is 126 Å². The third-order valence-electron chi connectivity index (χ3n) is 3.91. The van der Waals surface area contributed by atoms with Crippen LogP contribution >= 0.6 is 0 Å². The van der Waals surface area contributed by atoms with E-state index in [0.717, 1.165) is 51.1 Å². The van der Waals surface area contributed by atoms with E-state index in [0.29, 0.717) is 11.5 Å². The molecule has 0 aromatic carbocycles. The van der Waals surface area contributed by atoms with E-state index in [1.54, 1.807) is 6.20 Å². The zero-order valence-corrected chi connectivity index (χ0v) is 12.7. The Morgan fingerprint density at radius 2 is 2.38 bits per heavy atom. The second-order valence-corrected chi connectivity index (χ2v) is 5.63. The standard InChI is InChI=1S/C16H25N3O2/c1-2-8-17-15-6-5-14(11-18-15)16(21)19-9-3-4-13(12-19)7-10-20/h5-6,11,13,20H,2-4,7-10,12H2,1H3,(H,17,18). The number of aromatic nitrogens is 1. The smallest absolute Gasteiger partial charge is 0.255 e. The van der Waals surface area contributed by atoms with Crippen molar-refractivity contribution in [3.05, 3.63) is 23.9 Å². The molecule has 1 aliphatic rings. The van der Waals surface area contributed by atoms with Crippen LogP contribution in [0.1, 0.15) is 43.0 Å². The summed E-state index contributed by atoms with van der Waals surface area (Å²) in [4.78, 5) is 18.7. The van der Waals surface area contributed by atoms with Gasteiger partial charge in [0.25, 0.3) is 5.91 Å². The Kier molecular flexibility index (Phi) is 5.99. The molecule has 2 rings (SSSR count). The van der Waals surface area contributed by atoms with Gasteiger partial charge in [-0.05, 0) is 43.7 Å². The van der Waals surface area contributed by atoms with Gasteiger partial charge in [0.15, 0.2) is 0 Å². The topological polar surface area (TPSA) is 65.5 Å². The molecule has 1 aromatic heterocycles. The van der Waals surface area contributed by atoms with Crippen molar-refractivity contribution in [2.24, 2.45) is 5.92 Å². The number of hydrogen-bond acceptors (Lipinski definition) is 4. The van der Waals surface area contributed by atoms with E-state index in [1.807, 2.05) is 17.0 Å². The first-order valence-corrected chi connectivity index (χ1v) is 7.84. The van der Waals surface area contributed by atoms with Crippen LogP contribution in [0.5, 0.6) is 0 Å². The van der Waals surface area contributed by atoms with E-state index >= 15 is 0 Å².